The van der Waals surface area contributed by atoms with Gasteiger partial charge in [0, 0.05) is 11.5 Å². The van der Waals surface area contributed by atoms with Crippen molar-refractivity contribution in [1.29, 1.82) is 0 Å². The van der Waals surface area contributed by atoms with Crippen molar-refractivity contribution in [2.45, 2.75) is 19.3 Å². The van der Waals surface area contributed by atoms with Crippen LogP contribution >= 0.6 is 0 Å². The van der Waals surface area contributed by atoms with Gasteiger partial charge < -0.3 is 5.11 Å². The number of phenols is 1. The number of aromatic hydroxyl groups is 1. The third-order valence-corrected chi connectivity index (χ3v) is 2.63. The van der Waals surface area contributed by atoms with Gasteiger partial charge in [0.25, 0.3) is 0 Å². The largest absolute Gasteiger partial charge is 0.508 e. The van der Waals surface area contributed by atoms with Crippen LogP contribution in [0, 0.1) is 5.92 Å². The molecular formula is C11H12O2. The number of ketones is 1. The van der Waals surface area contributed by atoms with Crippen molar-refractivity contribution in [2.75, 3.05) is 0 Å². The van der Waals surface area contributed by atoms with Crippen molar-refractivity contribution in [2.24, 2.45) is 5.92 Å². The normalized spacial score (nSPS) is 16.6. The van der Waals surface area contributed by atoms with E-state index in [0.717, 1.165) is 18.4 Å². The van der Waals surface area contributed by atoms with E-state index in [1.165, 1.54) is 6.42 Å². The number of carbonyl (C=O) groups excluding carboxylic acids is 1. The van der Waals surface area contributed by atoms with Crippen molar-refractivity contribution >= 4 is 5.78 Å². The van der Waals surface area contributed by atoms with Gasteiger partial charge in [0.15, 0.2) is 5.78 Å². The first kappa shape index (κ1) is 8.30. The summed E-state index contributed by atoms with van der Waals surface area (Å²) in [6.45, 7) is 0. The van der Waals surface area contributed by atoms with Gasteiger partial charge >= 0.3 is 0 Å². The second kappa shape index (κ2) is 3.21. The standard InChI is InChI=1S/C11H12O2/c12-10-6-4-9(5-7-10)11(13)8-2-1-3-8/h4-8,12H,1-3H2. The molecule has 0 radical (unpaired) electrons. The monoisotopic (exact) mass is 176 g/mol. The minimum atomic E-state index is 0.213. The highest BCUT2D eigenvalue weighted by atomic mass is 16.3. The molecule has 0 heterocycles. The fourth-order valence-corrected chi connectivity index (χ4v) is 1.53. The average molecular weight is 176 g/mol. The molecular weight excluding hydrogens is 164 g/mol. The van der Waals surface area contributed by atoms with Crippen LogP contribution in [0.1, 0.15) is 29.6 Å². The van der Waals surface area contributed by atoms with E-state index in [0.29, 0.717) is 0 Å². The molecule has 0 aliphatic heterocycles. The Hall–Kier alpha value is -1.31. The summed E-state index contributed by atoms with van der Waals surface area (Å²) < 4.78 is 0. The number of rotatable bonds is 2. The maximum Gasteiger partial charge on any atom is 0.165 e. The highest BCUT2D eigenvalue weighted by molar-refractivity contribution is 5.98. The molecule has 0 atom stereocenters. The summed E-state index contributed by atoms with van der Waals surface area (Å²) >= 11 is 0. The summed E-state index contributed by atoms with van der Waals surface area (Å²) in [7, 11) is 0. The number of phenolic OH excluding ortho intramolecular Hbond substituents is 1. The molecule has 1 aromatic rings. The molecule has 0 bridgehead atoms. The molecule has 0 spiro atoms. The van der Waals surface area contributed by atoms with Crippen LogP contribution in [-0.2, 0) is 0 Å². The van der Waals surface area contributed by atoms with Crippen LogP contribution in [0.5, 0.6) is 5.75 Å². The maximum absolute atomic E-state index is 11.7. The molecule has 0 saturated heterocycles. The number of hydrogen-bond acceptors (Lipinski definition) is 2. The SMILES string of the molecule is O=C(c1ccc(O)cc1)C1CCC1. The van der Waals surface area contributed by atoms with Crippen molar-refractivity contribution in [1.82, 2.24) is 0 Å². The third-order valence-electron chi connectivity index (χ3n) is 2.63. The fraction of sp³-hybridized carbons (Fsp3) is 0.364. The quantitative estimate of drug-likeness (QED) is 0.702. The highest BCUT2D eigenvalue weighted by Crippen LogP contribution is 2.29. The molecule has 0 aromatic heterocycles. The molecule has 1 aliphatic carbocycles. The van der Waals surface area contributed by atoms with Crippen LogP contribution in [-0.4, -0.2) is 10.9 Å². The zero-order chi connectivity index (χ0) is 9.26. The Balaban J connectivity index is 2.15. The Kier molecular flexibility index (Phi) is 2.05. The topological polar surface area (TPSA) is 37.3 Å². The summed E-state index contributed by atoms with van der Waals surface area (Å²) in [6.07, 6.45) is 3.23. The summed E-state index contributed by atoms with van der Waals surface area (Å²) in [5.74, 6) is 0.681. The van der Waals surface area contributed by atoms with Crippen LogP contribution in [0.3, 0.4) is 0 Å². The second-order valence-electron chi connectivity index (χ2n) is 3.54. The van der Waals surface area contributed by atoms with E-state index in [1.807, 2.05) is 0 Å². The van der Waals surface area contributed by atoms with Gasteiger partial charge in [-0.15, -0.1) is 0 Å². The zero-order valence-corrected chi connectivity index (χ0v) is 7.36. The van der Waals surface area contributed by atoms with Gasteiger partial charge in [-0.1, -0.05) is 6.42 Å². The van der Waals surface area contributed by atoms with E-state index < -0.39 is 0 Å². The molecule has 1 N–H and O–H groups in total. The van der Waals surface area contributed by atoms with Gasteiger partial charge in [-0.25, -0.2) is 0 Å². The van der Waals surface area contributed by atoms with Gasteiger partial charge in [0.2, 0.25) is 0 Å². The third kappa shape index (κ3) is 1.57. The van der Waals surface area contributed by atoms with E-state index in [1.54, 1.807) is 24.3 Å². The van der Waals surface area contributed by atoms with Crippen molar-refractivity contribution in [3.63, 3.8) is 0 Å². The first-order valence-electron chi connectivity index (χ1n) is 4.60. The molecule has 1 aliphatic rings. The predicted molar refractivity (Wildman–Crippen MR) is 49.8 cm³/mol. The summed E-state index contributed by atoms with van der Waals surface area (Å²) in [5, 5.41) is 9.04. The summed E-state index contributed by atoms with van der Waals surface area (Å²) in [4.78, 5) is 11.7. The van der Waals surface area contributed by atoms with Crippen molar-refractivity contribution in [3.05, 3.63) is 29.8 Å². The molecule has 2 nitrogen and oxygen atoms in total. The number of Topliss-reactive ketones (excluding diaryl/α,β-unsaturated/α-hetero) is 1. The van der Waals surface area contributed by atoms with Crippen LogP contribution in [0.25, 0.3) is 0 Å². The minimum Gasteiger partial charge on any atom is -0.508 e. The average Bonchev–Trinajstić information content (AvgIpc) is 2.02. The van der Waals surface area contributed by atoms with E-state index in [-0.39, 0.29) is 17.5 Å². The van der Waals surface area contributed by atoms with Gasteiger partial charge in [-0.3, -0.25) is 4.79 Å². The van der Waals surface area contributed by atoms with Crippen molar-refractivity contribution in [3.8, 4) is 5.75 Å². The number of benzene rings is 1. The fourth-order valence-electron chi connectivity index (χ4n) is 1.53. The van der Waals surface area contributed by atoms with Crippen LogP contribution in [0.2, 0.25) is 0 Å². The first-order valence-corrected chi connectivity index (χ1v) is 4.60. The predicted octanol–water partition coefficient (Wildman–Crippen LogP) is 2.38. The van der Waals surface area contributed by atoms with Crippen LogP contribution in [0.4, 0.5) is 0 Å². The molecule has 0 unspecified atom stereocenters. The van der Waals surface area contributed by atoms with Crippen LogP contribution < -0.4 is 0 Å². The molecule has 2 rings (SSSR count). The first-order chi connectivity index (χ1) is 6.27. The Morgan fingerprint density at radius 3 is 2.31 bits per heavy atom. The van der Waals surface area contributed by atoms with Crippen LogP contribution in [0.15, 0.2) is 24.3 Å². The van der Waals surface area contributed by atoms with E-state index in [9.17, 15) is 4.79 Å². The van der Waals surface area contributed by atoms with E-state index in [2.05, 4.69) is 0 Å². The number of carbonyl (C=O) groups is 1. The van der Waals surface area contributed by atoms with E-state index in [4.69, 9.17) is 5.11 Å². The zero-order valence-electron chi connectivity index (χ0n) is 7.36. The molecule has 68 valence electrons. The lowest BCUT2D eigenvalue weighted by Crippen LogP contribution is -2.21. The van der Waals surface area contributed by atoms with E-state index >= 15 is 0 Å². The molecule has 1 fully saturated rings. The second-order valence-corrected chi connectivity index (χ2v) is 3.54. The smallest absolute Gasteiger partial charge is 0.165 e. The van der Waals surface area contributed by atoms with Gasteiger partial charge in [-0.2, -0.15) is 0 Å². The minimum absolute atomic E-state index is 0.213. The summed E-state index contributed by atoms with van der Waals surface area (Å²) in [5.41, 5.74) is 0.725. The number of hydrogen-bond donors (Lipinski definition) is 1. The van der Waals surface area contributed by atoms with Gasteiger partial charge in [-0.05, 0) is 37.1 Å². The lowest BCUT2D eigenvalue weighted by atomic mass is 9.80. The Morgan fingerprint density at radius 2 is 1.85 bits per heavy atom. The lowest BCUT2D eigenvalue weighted by molar-refractivity contribution is 0.0855. The molecule has 0 amide bonds. The lowest BCUT2D eigenvalue weighted by Gasteiger charge is -2.23. The highest BCUT2D eigenvalue weighted by Gasteiger charge is 2.25. The Morgan fingerprint density at radius 1 is 1.23 bits per heavy atom. The molecule has 2 heteroatoms. The van der Waals surface area contributed by atoms with Gasteiger partial charge in [0.1, 0.15) is 5.75 Å². The molecule has 1 aromatic carbocycles. The molecule has 1 saturated carbocycles. The Labute approximate surface area is 77.2 Å². The van der Waals surface area contributed by atoms with Crippen molar-refractivity contribution < 1.29 is 9.90 Å². The molecule has 13 heavy (non-hydrogen) atoms. The Bertz CT molecular complexity index is 309. The summed E-state index contributed by atoms with van der Waals surface area (Å²) in [6, 6.07) is 6.50. The maximum atomic E-state index is 11.7. The van der Waals surface area contributed by atoms with Gasteiger partial charge in [0.05, 0.1) is 0 Å².